The Morgan fingerprint density at radius 2 is 1.52 bits per heavy atom. The Balaban J connectivity index is 0.00000338. The third-order valence-electron chi connectivity index (χ3n) is 3.85. The molecule has 2 atom stereocenters. The number of aromatic nitrogens is 3. The molecule has 1 unspecified atom stereocenters. The van der Waals surface area contributed by atoms with Crippen molar-refractivity contribution >= 4 is 48.0 Å². The van der Waals surface area contributed by atoms with Gasteiger partial charge < -0.3 is 16.4 Å². The largest absolute Gasteiger partial charge is 0.325 e. The molecule has 27 heavy (non-hydrogen) atoms. The number of carbonyl (C=O) groups excluding carboxylic acids is 2. The zero-order chi connectivity index (χ0) is 18.6. The summed E-state index contributed by atoms with van der Waals surface area (Å²) in [4.78, 5) is 28.1. The van der Waals surface area contributed by atoms with Gasteiger partial charge in [0.1, 0.15) is 18.7 Å². The summed E-state index contributed by atoms with van der Waals surface area (Å²) in [6.07, 6.45) is 2.87. The highest BCUT2D eigenvalue weighted by atomic mass is 35.5. The Morgan fingerprint density at radius 3 is 1.93 bits per heavy atom. The summed E-state index contributed by atoms with van der Waals surface area (Å²) in [7, 11) is 0. The van der Waals surface area contributed by atoms with Gasteiger partial charge in [-0.05, 0) is 36.6 Å². The predicted molar refractivity (Wildman–Crippen MR) is 110 cm³/mol. The molecular weight excluding hydrogens is 391 g/mol. The zero-order valence-corrected chi connectivity index (χ0v) is 17.3. The van der Waals surface area contributed by atoms with E-state index in [9.17, 15) is 9.59 Å². The van der Waals surface area contributed by atoms with Crippen LogP contribution in [0.2, 0.25) is 0 Å². The summed E-state index contributed by atoms with van der Waals surface area (Å²) in [6, 6.07) is 5.75. The predicted octanol–water partition coefficient (Wildman–Crippen LogP) is 2.63. The molecule has 1 heterocycles. The van der Waals surface area contributed by atoms with Crippen LogP contribution >= 0.6 is 24.8 Å². The van der Waals surface area contributed by atoms with Crippen LogP contribution in [0, 0.1) is 5.41 Å². The van der Waals surface area contributed by atoms with Gasteiger partial charge in [-0.2, -0.15) is 5.10 Å². The van der Waals surface area contributed by atoms with Crippen molar-refractivity contribution in [2.45, 2.75) is 39.8 Å². The molecule has 0 aliphatic rings. The van der Waals surface area contributed by atoms with Gasteiger partial charge in [0, 0.05) is 11.4 Å². The molecule has 0 saturated heterocycles. The van der Waals surface area contributed by atoms with Crippen molar-refractivity contribution in [2.75, 3.05) is 10.6 Å². The molecule has 150 valence electrons. The SMILES string of the molecule is CC(C(=O)Nc1ccc(NC(=O)[C@@H](N)C(C)(C)C)cc1)n1cncn1.Cl.Cl. The zero-order valence-electron chi connectivity index (χ0n) is 15.7. The topological polar surface area (TPSA) is 115 Å². The van der Waals surface area contributed by atoms with Crippen molar-refractivity contribution in [1.82, 2.24) is 14.8 Å². The van der Waals surface area contributed by atoms with Crippen LogP contribution in [-0.2, 0) is 9.59 Å². The number of halogens is 2. The molecule has 0 spiro atoms. The number of nitrogens with zero attached hydrogens (tertiary/aromatic N) is 3. The highest BCUT2D eigenvalue weighted by molar-refractivity contribution is 5.96. The second kappa shape index (κ2) is 10.2. The fourth-order valence-electron chi connectivity index (χ4n) is 2.03. The Hall–Kier alpha value is -2.16. The van der Waals surface area contributed by atoms with Crippen LogP contribution in [-0.4, -0.2) is 32.6 Å². The monoisotopic (exact) mass is 416 g/mol. The minimum absolute atomic E-state index is 0. The van der Waals surface area contributed by atoms with Gasteiger partial charge in [0.05, 0.1) is 6.04 Å². The van der Waals surface area contributed by atoms with E-state index in [1.807, 2.05) is 20.8 Å². The average Bonchev–Trinajstić information content (AvgIpc) is 3.08. The maximum absolute atomic E-state index is 12.2. The second-order valence-electron chi connectivity index (χ2n) is 6.95. The van der Waals surface area contributed by atoms with E-state index in [-0.39, 0.29) is 42.0 Å². The Kier molecular flexibility index (Phi) is 9.43. The first-order chi connectivity index (χ1) is 11.7. The normalized spacial score (nSPS) is 12.8. The Bertz CT molecular complexity index is 729. The minimum Gasteiger partial charge on any atom is -0.325 e. The molecule has 1 aromatic carbocycles. The van der Waals surface area contributed by atoms with Crippen molar-refractivity contribution in [3.05, 3.63) is 36.9 Å². The van der Waals surface area contributed by atoms with E-state index in [2.05, 4.69) is 20.7 Å². The van der Waals surface area contributed by atoms with Crippen LogP contribution in [0.3, 0.4) is 0 Å². The molecule has 0 bridgehead atoms. The molecule has 0 aliphatic carbocycles. The average molecular weight is 417 g/mol. The van der Waals surface area contributed by atoms with E-state index in [4.69, 9.17) is 5.73 Å². The van der Waals surface area contributed by atoms with E-state index >= 15 is 0 Å². The second-order valence-corrected chi connectivity index (χ2v) is 6.95. The van der Waals surface area contributed by atoms with Crippen LogP contribution in [0.5, 0.6) is 0 Å². The van der Waals surface area contributed by atoms with Crippen molar-refractivity contribution in [1.29, 1.82) is 0 Å². The van der Waals surface area contributed by atoms with Crippen molar-refractivity contribution in [3.8, 4) is 0 Å². The van der Waals surface area contributed by atoms with Crippen LogP contribution < -0.4 is 16.4 Å². The molecule has 0 aliphatic heterocycles. The lowest BCUT2D eigenvalue weighted by atomic mass is 9.87. The lowest BCUT2D eigenvalue weighted by Crippen LogP contribution is -2.45. The van der Waals surface area contributed by atoms with Gasteiger partial charge in [-0.1, -0.05) is 20.8 Å². The van der Waals surface area contributed by atoms with Crippen molar-refractivity contribution in [3.63, 3.8) is 0 Å². The van der Waals surface area contributed by atoms with Crippen LogP contribution in [0.25, 0.3) is 0 Å². The molecule has 2 amide bonds. The highest BCUT2D eigenvalue weighted by Gasteiger charge is 2.27. The number of nitrogens with two attached hydrogens (primary N) is 1. The first-order valence-corrected chi connectivity index (χ1v) is 8.00. The number of rotatable bonds is 5. The quantitative estimate of drug-likeness (QED) is 0.692. The number of amides is 2. The smallest absolute Gasteiger partial charge is 0.249 e. The van der Waals surface area contributed by atoms with E-state index in [1.54, 1.807) is 31.2 Å². The van der Waals surface area contributed by atoms with Crippen LogP contribution in [0.4, 0.5) is 11.4 Å². The summed E-state index contributed by atoms with van der Waals surface area (Å²) < 4.78 is 1.47. The lowest BCUT2D eigenvalue weighted by Gasteiger charge is -2.25. The number of hydrogen-bond donors (Lipinski definition) is 3. The third-order valence-corrected chi connectivity index (χ3v) is 3.85. The highest BCUT2D eigenvalue weighted by Crippen LogP contribution is 2.20. The van der Waals surface area contributed by atoms with Crippen molar-refractivity contribution in [2.24, 2.45) is 11.1 Å². The molecule has 8 nitrogen and oxygen atoms in total. The van der Waals surface area contributed by atoms with E-state index in [1.165, 1.54) is 17.3 Å². The van der Waals surface area contributed by atoms with Gasteiger partial charge in [-0.25, -0.2) is 9.67 Å². The lowest BCUT2D eigenvalue weighted by molar-refractivity contribution is -0.120. The molecule has 0 radical (unpaired) electrons. The minimum atomic E-state index is -0.615. The first-order valence-electron chi connectivity index (χ1n) is 8.00. The third kappa shape index (κ3) is 6.82. The summed E-state index contributed by atoms with van der Waals surface area (Å²) in [5.74, 6) is -0.457. The van der Waals surface area contributed by atoms with Gasteiger partial charge >= 0.3 is 0 Å². The van der Waals surface area contributed by atoms with Crippen LogP contribution in [0.1, 0.15) is 33.7 Å². The van der Waals surface area contributed by atoms with E-state index in [0.717, 1.165) is 0 Å². The summed E-state index contributed by atoms with van der Waals surface area (Å²) in [5.41, 5.74) is 6.85. The van der Waals surface area contributed by atoms with Gasteiger partial charge in [0.25, 0.3) is 0 Å². The van der Waals surface area contributed by atoms with Gasteiger partial charge in [-0.15, -0.1) is 24.8 Å². The molecule has 1 aromatic heterocycles. The Labute approximate surface area is 171 Å². The van der Waals surface area contributed by atoms with Gasteiger partial charge in [0.15, 0.2) is 0 Å². The fraction of sp³-hybridized carbons (Fsp3) is 0.412. The number of benzene rings is 1. The van der Waals surface area contributed by atoms with Crippen LogP contribution in [0.15, 0.2) is 36.9 Å². The molecule has 4 N–H and O–H groups in total. The van der Waals surface area contributed by atoms with E-state index < -0.39 is 12.1 Å². The molecule has 2 rings (SSSR count). The molecule has 2 aromatic rings. The number of anilines is 2. The summed E-state index contributed by atoms with van der Waals surface area (Å²) >= 11 is 0. The number of hydrogen-bond acceptors (Lipinski definition) is 5. The van der Waals surface area contributed by atoms with E-state index in [0.29, 0.717) is 11.4 Å². The summed E-state index contributed by atoms with van der Waals surface area (Å²) in [5, 5.41) is 9.51. The summed E-state index contributed by atoms with van der Waals surface area (Å²) in [6.45, 7) is 7.46. The molecule has 0 saturated carbocycles. The van der Waals surface area contributed by atoms with Gasteiger partial charge in [-0.3, -0.25) is 9.59 Å². The fourth-order valence-corrected chi connectivity index (χ4v) is 2.03. The van der Waals surface area contributed by atoms with Gasteiger partial charge in [0.2, 0.25) is 11.8 Å². The molecule has 0 fully saturated rings. The van der Waals surface area contributed by atoms with Crippen molar-refractivity contribution < 1.29 is 9.59 Å². The molecule has 10 heteroatoms. The first kappa shape index (κ1) is 24.8. The number of nitrogens with one attached hydrogen (secondary N) is 2. The standard InChI is InChI=1S/C17H24N6O2.2ClH/c1-11(23-10-19-9-20-23)15(24)21-12-5-7-13(8-6-12)22-16(25)14(18)17(2,3)4;;/h5-11,14H,18H2,1-4H3,(H,21,24)(H,22,25);2*1H/t11?,14-;;/m1../s1. The molecular formula is C17H26Cl2N6O2. The number of carbonyl (C=O) groups is 2. The Morgan fingerprint density at radius 1 is 1.04 bits per heavy atom. The maximum atomic E-state index is 12.2. The maximum Gasteiger partial charge on any atom is 0.249 e.